The maximum Gasteiger partial charge on any atom is 0.347 e. The molecule has 1 aromatic carbocycles. The molecule has 0 saturated carbocycles. The van der Waals surface area contributed by atoms with E-state index < -0.39 is 24.2 Å². The zero-order valence-electron chi connectivity index (χ0n) is 16.9. The molecule has 11 rings (SSSR count). The number of hydrogen-bond donors (Lipinski definition) is 0. The molecule has 12 heteroatoms. The molecule has 0 N–H and O–H groups in total. The number of aromatic nitrogens is 6. The van der Waals surface area contributed by atoms with Crippen LogP contribution in [0.15, 0.2) is 31.3 Å². The predicted molar refractivity (Wildman–Crippen MR) is 104 cm³/mol. The van der Waals surface area contributed by atoms with Crippen LogP contribution in [0.5, 0.6) is 0 Å². The van der Waals surface area contributed by atoms with Crippen molar-refractivity contribution in [3.05, 3.63) is 76.3 Å². The molecule has 4 bridgehead atoms. The van der Waals surface area contributed by atoms with Gasteiger partial charge in [-0.2, -0.15) is 0 Å². The van der Waals surface area contributed by atoms with Crippen LogP contribution in [0, 0.1) is 0 Å². The van der Waals surface area contributed by atoms with Crippen molar-refractivity contribution in [1.82, 2.24) is 27.9 Å². The van der Waals surface area contributed by atoms with Gasteiger partial charge < -0.3 is 9.47 Å². The van der Waals surface area contributed by atoms with Crippen LogP contribution in [-0.4, -0.2) is 52.3 Å². The number of benzene rings is 1. The lowest BCUT2D eigenvalue weighted by Crippen LogP contribution is -2.52. The molecule has 2 aliphatic carbocycles. The van der Waals surface area contributed by atoms with Gasteiger partial charge in [0.25, 0.3) is 0 Å². The van der Waals surface area contributed by atoms with E-state index in [1.165, 1.54) is 32.8 Å². The Labute approximate surface area is 177 Å². The summed E-state index contributed by atoms with van der Waals surface area (Å²) in [5.41, 5.74) is 2.31. The average molecular weight is 436 g/mol. The van der Waals surface area contributed by atoms with E-state index in [-0.39, 0.29) is 47.2 Å². The Kier molecular flexibility index (Phi) is 2.24. The zero-order valence-corrected chi connectivity index (χ0v) is 16.9. The lowest BCUT2D eigenvalue weighted by atomic mass is 9.72. The highest BCUT2D eigenvalue weighted by molar-refractivity contribution is 5.57. The summed E-state index contributed by atoms with van der Waals surface area (Å²) in [6.07, 6.45) is -0.670. The van der Waals surface area contributed by atoms with Gasteiger partial charge in [-0.25, -0.2) is 47.0 Å². The van der Waals surface area contributed by atoms with E-state index in [9.17, 15) is 19.2 Å². The minimum Gasteiger partial charge on any atom is -0.364 e. The Balaban J connectivity index is 1.41. The van der Waals surface area contributed by atoms with E-state index in [4.69, 9.17) is 9.47 Å². The molecule has 3 aromatic rings. The molecular weight excluding hydrogens is 420 g/mol. The van der Waals surface area contributed by atoms with Crippen molar-refractivity contribution in [2.45, 2.75) is 48.6 Å². The SMILES string of the molecule is Cn1c(=O)n2n(c1=O)C1c3c(ccc4c3C3C5OC5C4n4c(=O)n(C)c(=O)n43)C2C2OC21. The van der Waals surface area contributed by atoms with Crippen LogP contribution in [0.3, 0.4) is 0 Å². The van der Waals surface area contributed by atoms with Crippen molar-refractivity contribution in [3.63, 3.8) is 0 Å². The molecule has 6 aliphatic heterocycles. The lowest BCUT2D eigenvalue weighted by Gasteiger charge is -2.44. The third kappa shape index (κ3) is 1.35. The van der Waals surface area contributed by atoms with Crippen molar-refractivity contribution >= 4 is 0 Å². The first-order chi connectivity index (χ1) is 15.4. The number of nitrogens with zero attached hydrogens (tertiary/aromatic N) is 6. The quantitative estimate of drug-likeness (QED) is 0.361. The third-order valence-electron chi connectivity index (χ3n) is 8.40. The van der Waals surface area contributed by atoms with Gasteiger partial charge in [-0.1, -0.05) is 12.1 Å². The molecule has 162 valence electrons. The molecule has 2 saturated heterocycles. The van der Waals surface area contributed by atoms with Gasteiger partial charge in [0.05, 0.1) is 0 Å². The van der Waals surface area contributed by atoms with E-state index >= 15 is 0 Å². The first-order valence-corrected chi connectivity index (χ1v) is 10.7. The normalized spacial score (nSPS) is 37.3. The highest BCUT2D eigenvalue weighted by atomic mass is 16.6. The topological polar surface area (TPSA) is 123 Å². The molecule has 12 nitrogen and oxygen atoms in total. The van der Waals surface area contributed by atoms with E-state index in [0.29, 0.717) is 0 Å². The average Bonchev–Trinajstić information content (AvgIpc) is 3.71. The van der Waals surface area contributed by atoms with Crippen LogP contribution in [0.4, 0.5) is 0 Å². The molecule has 0 spiro atoms. The Morgan fingerprint density at radius 1 is 0.562 bits per heavy atom. The van der Waals surface area contributed by atoms with Crippen molar-refractivity contribution < 1.29 is 9.47 Å². The number of epoxide rings is 2. The van der Waals surface area contributed by atoms with Crippen LogP contribution in [0.1, 0.15) is 46.4 Å². The van der Waals surface area contributed by atoms with Crippen LogP contribution < -0.4 is 22.8 Å². The fourth-order valence-electron chi connectivity index (χ4n) is 7.04. The second kappa shape index (κ2) is 4.41. The maximum absolute atomic E-state index is 13.0. The number of rotatable bonds is 0. The van der Waals surface area contributed by atoms with E-state index in [0.717, 1.165) is 31.4 Å². The second-order valence-electron chi connectivity index (χ2n) is 9.61. The zero-order chi connectivity index (χ0) is 21.5. The molecule has 8 unspecified atom stereocenters. The fourth-order valence-corrected chi connectivity index (χ4v) is 7.04. The van der Waals surface area contributed by atoms with E-state index in [2.05, 4.69) is 0 Å². The van der Waals surface area contributed by atoms with Crippen molar-refractivity contribution in [1.29, 1.82) is 0 Å². The highest BCUT2D eigenvalue weighted by Gasteiger charge is 2.68. The number of hydrogen-bond acceptors (Lipinski definition) is 6. The van der Waals surface area contributed by atoms with E-state index in [1.807, 2.05) is 12.1 Å². The first kappa shape index (κ1) is 16.3. The third-order valence-corrected chi connectivity index (χ3v) is 8.40. The van der Waals surface area contributed by atoms with Crippen LogP contribution >= 0.6 is 0 Å². The Morgan fingerprint density at radius 2 is 0.875 bits per heavy atom. The minimum atomic E-state index is -0.451. The summed E-state index contributed by atoms with van der Waals surface area (Å²) < 4.78 is 20.3. The van der Waals surface area contributed by atoms with Gasteiger partial charge in [-0.3, -0.25) is 0 Å². The van der Waals surface area contributed by atoms with Gasteiger partial charge in [0, 0.05) is 14.1 Å². The second-order valence-corrected chi connectivity index (χ2v) is 9.61. The summed E-state index contributed by atoms with van der Waals surface area (Å²) in [6, 6.07) is 2.30. The van der Waals surface area contributed by atoms with Gasteiger partial charge in [-0.15, -0.1) is 0 Å². The maximum atomic E-state index is 13.0. The Morgan fingerprint density at radius 3 is 1.25 bits per heavy atom. The first-order valence-electron chi connectivity index (χ1n) is 10.7. The summed E-state index contributed by atoms with van der Waals surface area (Å²) in [7, 11) is 2.98. The van der Waals surface area contributed by atoms with Crippen molar-refractivity contribution in [3.8, 4) is 0 Å². The molecule has 8 heterocycles. The predicted octanol–water partition coefficient (Wildman–Crippen LogP) is -2.44. The van der Waals surface area contributed by atoms with Crippen LogP contribution in [0.25, 0.3) is 0 Å². The van der Waals surface area contributed by atoms with E-state index in [1.54, 1.807) is 0 Å². The fraction of sp³-hybridized carbons (Fsp3) is 0.500. The number of ether oxygens (including phenoxy) is 2. The monoisotopic (exact) mass is 436 g/mol. The molecular formula is C20H16N6O6. The Bertz CT molecular complexity index is 1590. The van der Waals surface area contributed by atoms with Gasteiger partial charge in [-0.05, 0) is 22.3 Å². The standard InChI is InChI=1S/C20H16N6O6/c1-21-17(27)23-9-5-3-4-6-8(7(5)11(15-13(9)31-15)25(23)19(21)29)12-16-14(32-16)10(6)24-18(28)22(2)20(30)26(12)24/h3-4,9-16H,1-2H3. The molecule has 8 atom stereocenters. The Hall–Kier alpha value is -3.38. The summed E-state index contributed by atoms with van der Waals surface area (Å²) in [5, 5.41) is 0. The largest absolute Gasteiger partial charge is 0.364 e. The molecule has 0 amide bonds. The summed E-state index contributed by atoms with van der Waals surface area (Å²) in [5.74, 6) is 0. The van der Waals surface area contributed by atoms with Crippen LogP contribution in [-0.2, 0) is 23.6 Å². The molecule has 32 heavy (non-hydrogen) atoms. The summed E-state index contributed by atoms with van der Waals surface area (Å²) in [4.78, 5) is 51.8. The van der Waals surface area contributed by atoms with Crippen LogP contribution in [0.2, 0.25) is 0 Å². The van der Waals surface area contributed by atoms with Gasteiger partial charge >= 0.3 is 22.8 Å². The highest BCUT2D eigenvalue weighted by Crippen LogP contribution is 2.61. The molecule has 0 radical (unpaired) electrons. The van der Waals surface area contributed by atoms with Gasteiger partial charge in [0.1, 0.15) is 48.6 Å². The smallest absolute Gasteiger partial charge is 0.347 e. The lowest BCUT2D eigenvalue weighted by molar-refractivity contribution is 0.250. The molecule has 8 aliphatic rings. The van der Waals surface area contributed by atoms with Crippen molar-refractivity contribution in [2.75, 3.05) is 0 Å². The van der Waals surface area contributed by atoms with Gasteiger partial charge in [0.15, 0.2) is 0 Å². The minimum absolute atomic E-state index is 0.145. The molecule has 2 aromatic heterocycles. The molecule has 2 fully saturated rings. The van der Waals surface area contributed by atoms with Crippen molar-refractivity contribution in [2.24, 2.45) is 14.1 Å². The van der Waals surface area contributed by atoms with Gasteiger partial charge in [0.2, 0.25) is 0 Å². The summed E-state index contributed by atoms with van der Waals surface area (Å²) >= 11 is 0. The summed E-state index contributed by atoms with van der Waals surface area (Å²) in [6.45, 7) is 0.